The predicted molar refractivity (Wildman–Crippen MR) is 39.0 cm³/mol. The minimum Gasteiger partial charge on any atom is -0.872 e. The molecule has 0 aliphatic heterocycles. The molecule has 0 aromatic heterocycles. The first kappa shape index (κ1) is 11.2. The summed E-state index contributed by atoms with van der Waals surface area (Å²) in [6.07, 6.45) is 0. The van der Waals surface area contributed by atoms with E-state index in [0.717, 1.165) is 0 Å². The van der Waals surface area contributed by atoms with Gasteiger partial charge < -0.3 is 14.6 Å². The Morgan fingerprint density at radius 2 is 1.42 bits per heavy atom. The van der Waals surface area contributed by atoms with Gasteiger partial charge in [0.05, 0.1) is 14.2 Å². The molecular formula is C8H9LiO3. The summed E-state index contributed by atoms with van der Waals surface area (Å²) in [5, 5.41) is 10.9. The molecule has 0 saturated heterocycles. The average Bonchev–Trinajstić information content (AvgIpc) is 2.03. The standard InChI is InChI=1S/C8H10O3.Li/c1-10-7-3-6(9)4-8(5-7)11-2;/h3-5,9H,1-2H3;/q;+1/p-1. The molecule has 4 heteroatoms. The Bertz CT molecular complexity index is 228. The summed E-state index contributed by atoms with van der Waals surface area (Å²) in [7, 11) is 3.02. The van der Waals surface area contributed by atoms with Gasteiger partial charge in [0.1, 0.15) is 11.5 Å². The van der Waals surface area contributed by atoms with E-state index in [1.165, 1.54) is 26.4 Å². The first-order valence-electron chi connectivity index (χ1n) is 3.16. The fraction of sp³-hybridized carbons (Fsp3) is 0.250. The zero-order valence-corrected chi connectivity index (χ0v) is 7.46. The third-order valence-corrected chi connectivity index (χ3v) is 1.32. The Labute approximate surface area is 83.5 Å². The van der Waals surface area contributed by atoms with Gasteiger partial charge in [-0.15, -0.1) is 5.75 Å². The number of hydrogen-bond donors (Lipinski definition) is 0. The van der Waals surface area contributed by atoms with E-state index in [0.29, 0.717) is 11.5 Å². The molecule has 1 aromatic rings. The molecule has 1 rings (SSSR count). The number of hydrogen-bond acceptors (Lipinski definition) is 3. The molecule has 0 fully saturated rings. The Kier molecular flexibility index (Phi) is 4.64. The van der Waals surface area contributed by atoms with Crippen LogP contribution in [0.25, 0.3) is 0 Å². The second kappa shape index (κ2) is 4.97. The zero-order chi connectivity index (χ0) is 8.27. The number of methoxy groups -OCH3 is 2. The summed E-state index contributed by atoms with van der Waals surface area (Å²) in [5.41, 5.74) is 0. The Morgan fingerprint density at radius 3 is 1.75 bits per heavy atom. The van der Waals surface area contributed by atoms with Crippen LogP contribution in [0, 0.1) is 0 Å². The summed E-state index contributed by atoms with van der Waals surface area (Å²) < 4.78 is 9.72. The first-order chi connectivity index (χ1) is 5.26. The van der Waals surface area contributed by atoms with E-state index in [1.54, 1.807) is 6.07 Å². The maximum atomic E-state index is 10.9. The van der Waals surface area contributed by atoms with E-state index in [1.807, 2.05) is 0 Å². The predicted octanol–water partition coefficient (Wildman–Crippen LogP) is -2.22. The van der Waals surface area contributed by atoms with Gasteiger partial charge in [-0.1, -0.05) is 0 Å². The van der Waals surface area contributed by atoms with Crippen LogP contribution in [-0.2, 0) is 0 Å². The summed E-state index contributed by atoms with van der Waals surface area (Å²) in [5.74, 6) is 0.935. The van der Waals surface area contributed by atoms with Crippen LogP contribution in [0.4, 0.5) is 0 Å². The average molecular weight is 160 g/mol. The zero-order valence-electron chi connectivity index (χ0n) is 7.46. The van der Waals surface area contributed by atoms with Crippen molar-refractivity contribution in [2.75, 3.05) is 14.2 Å². The molecule has 0 heterocycles. The second-order valence-corrected chi connectivity index (χ2v) is 2.05. The fourth-order valence-electron chi connectivity index (χ4n) is 0.781. The van der Waals surface area contributed by atoms with Crippen LogP contribution >= 0.6 is 0 Å². The minimum atomic E-state index is -0.110. The number of benzene rings is 1. The van der Waals surface area contributed by atoms with Gasteiger partial charge in [0, 0.05) is 6.07 Å². The van der Waals surface area contributed by atoms with Gasteiger partial charge in [-0.05, 0) is 12.1 Å². The van der Waals surface area contributed by atoms with Crippen LogP contribution in [0.5, 0.6) is 17.2 Å². The largest absolute Gasteiger partial charge is 1.00 e. The van der Waals surface area contributed by atoms with Crippen LogP contribution in [0.1, 0.15) is 0 Å². The molecule has 0 spiro atoms. The maximum Gasteiger partial charge on any atom is 1.00 e. The van der Waals surface area contributed by atoms with E-state index in [-0.39, 0.29) is 24.6 Å². The monoisotopic (exact) mass is 160 g/mol. The van der Waals surface area contributed by atoms with Crippen molar-refractivity contribution in [1.82, 2.24) is 0 Å². The molecule has 0 saturated carbocycles. The van der Waals surface area contributed by atoms with Gasteiger partial charge in [0.2, 0.25) is 0 Å². The van der Waals surface area contributed by atoms with Crippen LogP contribution in [-0.4, -0.2) is 14.2 Å². The summed E-state index contributed by atoms with van der Waals surface area (Å²) in [6.45, 7) is 0. The molecule has 60 valence electrons. The van der Waals surface area contributed by atoms with Gasteiger partial charge >= 0.3 is 18.9 Å². The van der Waals surface area contributed by atoms with E-state index in [4.69, 9.17) is 9.47 Å². The van der Waals surface area contributed by atoms with Crippen molar-refractivity contribution in [2.24, 2.45) is 0 Å². The van der Waals surface area contributed by atoms with Crippen molar-refractivity contribution >= 4 is 0 Å². The van der Waals surface area contributed by atoms with Crippen LogP contribution in [0.15, 0.2) is 18.2 Å². The maximum absolute atomic E-state index is 10.9. The molecule has 12 heavy (non-hydrogen) atoms. The molecule has 0 aliphatic carbocycles. The number of ether oxygens (including phenoxy) is 2. The molecule has 0 N–H and O–H groups in total. The van der Waals surface area contributed by atoms with Crippen molar-refractivity contribution in [2.45, 2.75) is 0 Å². The molecule has 0 aliphatic rings. The molecule has 0 atom stereocenters. The van der Waals surface area contributed by atoms with Crippen LogP contribution < -0.4 is 33.4 Å². The molecule has 0 bridgehead atoms. The Morgan fingerprint density at radius 1 is 1.00 bits per heavy atom. The van der Waals surface area contributed by atoms with Gasteiger partial charge in [-0.3, -0.25) is 0 Å². The fourth-order valence-corrected chi connectivity index (χ4v) is 0.781. The van der Waals surface area contributed by atoms with Crippen molar-refractivity contribution in [3.05, 3.63) is 18.2 Å². The smallest absolute Gasteiger partial charge is 0.872 e. The minimum absolute atomic E-state index is 0. The third-order valence-electron chi connectivity index (χ3n) is 1.32. The summed E-state index contributed by atoms with van der Waals surface area (Å²) in [4.78, 5) is 0. The van der Waals surface area contributed by atoms with Crippen molar-refractivity contribution in [3.8, 4) is 17.2 Å². The van der Waals surface area contributed by atoms with E-state index in [2.05, 4.69) is 0 Å². The first-order valence-corrected chi connectivity index (χ1v) is 3.16. The molecule has 1 aromatic carbocycles. The van der Waals surface area contributed by atoms with Gasteiger partial charge in [-0.2, -0.15) is 0 Å². The SMILES string of the molecule is COc1cc([O-])cc(OC)c1.[Li+]. The van der Waals surface area contributed by atoms with E-state index >= 15 is 0 Å². The van der Waals surface area contributed by atoms with Crippen molar-refractivity contribution in [1.29, 1.82) is 0 Å². The molecular weight excluding hydrogens is 151 g/mol. The summed E-state index contributed by atoms with van der Waals surface area (Å²) >= 11 is 0. The molecule has 0 unspecified atom stereocenters. The second-order valence-electron chi connectivity index (χ2n) is 2.05. The third kappa shape index (κ3) is 2.69. The van der Waals surface area contributed by atoms with Crippen LogP contribution in [0.2, 0.25) is 0 Å². The van der Waals surface area contributed by atoms with Gasteiger partial charge in [-0.25, -0.2) is 0 Å². The van der Waals surface area contributed by atoms with Crippen LogP contribution in [0.3, 0.4) is 0 Å². The Balaban J connectivity index is 0.00000121. The normalized spacial score (nSPS) is 8.50. The van der Waals surface area contributed by atoms with Crippen molar-refractivity contribution in [3.63, 3.8) is 0 Å². The topological polar surface area (TPSA) is 41.5 Å². The number of rotatable bonds is 2. The van der Waals surface area contributed by atoms with E-state index < -0.39 is 0 Å². The van der Waals surface area contributed by atoms with Gasteiger partial charge in [0.25, 0.3) is 0 Å². The summed E-state index contributed by atoms with van der Waals surface area (Å²) in [6, 6.07) is 4.46. The van der Waals surface area contributed by atoms with E-state index in [9.17, 15) is 5.11 Å². The van der Waals surface area contributed by atoms with Crippen molar-refractivity contribution < 1.29 is 33.4 Å². The quantitative estimate of drug-likeness (QED) is 0.460. The molecule has 0 radical (unpaired) electrons. The molecule has 0 amide bonds. The van der Waals surface area contributed by atoms with Gasteiger partial charge in [0.15, 0.2) is 0 Å². The molecule has 3 nitrogen and oxygen atoms in total. The Hall–Kier alpha value is -0.783.